The summed E-state index contributed by atoms with van der Waals surface area (Å²) < 4.78 is 15.7. The van der Waals surface area contributed by atoms with Crippen LogP contribution >= 0.6 is 15.9 Å². The molecule has 110 valence electrons. The summed E-state index contributed by atoms with van der Waals surface area (Å²) in [6, 6.07) is 0. The third-order valence-corrected chi connectivity index (χ3v) is 5.16. The Kier molecular flexibility index (Phi) is 4.71. The van der Waals surface area contributed by atoms with E-state index in [0.717, 1.165) is 6.42 Å². The lowest BCUT2D eigenvalue weighted by Gasteiger charge is -2.36. The van der Waals surface area contributed by atoms with Crippen LogP contribution in [0.1, 0.15) is 32.6 Å². The Morgan fingerprint density at radius 1 is 1.50 bits per heavy atom. The second-order valence-electron chi connectivity index (χ2n) is 4.99. The van der Waals surface area contributed by atoms with Crippen molar-refractivity contribution in [1.29, 1.82) is 0 Å². The lowest BCUT2D eigenvalue weighted by atomic mass is 9.95. The van der Waals surface area contributed by atoms with Gasteiger partial charge in [-0.25, -0.2) is 4.79 Å². The lowest BCUT2D eigenvalue weighted by molar-refractivity contribution is -0.0493. The molecule has 20 heavy (non-hydrogen) atoms. The molecule has 0 aliphatic carbocycles. The van der Waals surface area contributed by atoms with Gasteiger partial charge >= 0.3 is 6.16 Å². The van der Waals surface area contributed by atoms with E-state index in [4.69, 9.17) is 20.6 Å². The second-order valence-corrected chi connectivity index (χ2v) is 6.36. The van der Waals surface area contributed by atoms with Crippen molar-refractivity contribution in [3.05, 3.63) is 0 Å². The van der Waals surface area contributed by atoms with Crippen LogP contribution in [0.15, 0.2) is 4.99 Å². The molecule has 0 N–H and O–H groups in total. The number of aliphatic imine (C=N–C) groups is 1. The minimum absolute atomic E-state index is 0.216. The maximum absolute atomic E-state index is 11.2. The summed E-state index contributed by atoms with van der Waals surface area (Å²) in [7, 11) is 0. The van der Waals surface area contributed by atoms with Crippen molar-refractivity contribution in [3.63, 3.8) is 0 Å². The summed E-state index contributed by atoms with van der Waals surface area (Å²) in [5.74, 6) is 2.60. The molecule has 0 aromatic rings. The van der Waals surface area contributed by atoms with Crippen molar-refractivity contribution in [2.24, 2.45) is 4.99 Å². The number of ether oxygens (including phenoxy) is 3. The summed E-state index contributed by atoms with van der Waals surface area (Å²) >= 11 is 3.58. The normalized spacial score (nSPS) is 36.4. The molecule has 0 amide bonds. The van der Waals surface area contributed by atoms with Crippen LogP contribution < -0.4 is 0 Å². The van der Waals surface area contributed by atoms with E-state index in [-0.39, 0.29) is 18.3 Å². The maximum atomic E-state index is 11.2. The van der Waals surface area contributed by atoms with E-state index in [1.165, 1.54) is 0 Å². The van der Waals surface area contributed by atoms with Crippen molar-refractivity contribution in [1.82, 2.24) is 0 Å². The Hall–Kier alpha value is -1.06. The summed E-state index contributed by atoms with van der Waals surface area (Å²) in [5, 5.41) is 0. The molecule has 5 atom stereocenters. The number of hydrogen-bond donors (Lipinski definition) is 0. The highest BCUT2D eigenvalue weighted by Gasteiger charge is 2.44. The molecule has 0 aromatic carbocycles. The molecule has 2 heterocycles. The number of alkyl halides is 1. The van der Waals surface area contributed by atoms with Gasteiger partial charge in [-0.2, -0.15) is 0 Å². The van der Waals surface area contributed by atoms with Crippen molar-refractivity contribution < 1.29 is 19.0 Å². The quantitative estimate of drug-likeness (QED) is 0.260. The van der Waals surface area contributed by atoms with Crippen LogP contribution in [0.4, 0.5) is 4.79 Å². The molecule has 0 saturated carbocycles. The topological polar surface area (TPSA) is 57.1 Å². The van der Waals surface area contributed by atoms with E-state index in [2.05, 4.69) is 33.6 Å². The highest BCUT2D eigenvalue weighted by atomic mass is 79.9. The third-order valence-electron chi connectivity index (χ3n) is 3.84. The standard InChI is InChI=1S/C14H18BrNO4/c1-4-9-8-11-10(19-13(17)20-11)6-7-12(18-9)14(15,5-2)16-3/h1,9-12H,3,5-8H2,2H3. The SMILES string of the molecule is C#CC1CC2OC(=O)OC2CCC(C(Br)(CC)N=C)O1. The van der Waals surface area contributed by atoms with E-state index < -0.39 is 16.7 Å². The molecule has 0 spiro atoms. The van der Waals surface area contributed by atoms with Crippen LogP contribution in [0.3, 0.4) is 0 Å². The number of halogens is 1. The third kappa shape index (κ3) is 2.99. The first-order valence-electron chi connectivity index (χ1n) is 6.68. The molecule has 6 heteroatoms. The monoisotopic (exact) mass is 343 g/mol. The van der Waals surface area contributed by atoms with E-state index in [9.17, 15) is 4.79 Å². The molecule has 0 radical (unpaired) electrons. The second kappa shape index (κ2) is 6.15. The van der Waals surface area contributed by atoms with Crippen LogP contribution in [-0.4, -0.2) is 41.7 Å². The Labute approximate surface area is 127 Å². The van der Waals surface area contributed by atoms with Gasteiger partial charge in [0.1, 0.15) is 22.8 Å². The highest BCUT2D eigenvalue weighted by molar-refractivity contribution is 9.10. The van der Waals surface area contributed by atoms with Gasteiger partial charge in [-0.15, -0.1) is 6.42 Å². The zero-order valence-corrected chi connectivity index (χ0v) is 13.0. The van der Waals surface area contributed by atoms with Crippen molar-refractivity contribution in [3.8, 4) is 12.3 Å². The smallest absolute Gasteiger partial charge is 0.427 e. The van der Waals surface area contributed by atoms with Gasteiger partial charge in [0.2, 0.25) is 0 Å². The fourth-order valence-electron chi connectivity index (χ4n) is 2.59. The van der Waals surface area contributed by atoms with Crippen molar-refractivity contribution in [2.45, 2.75) is 61.5 Å². The van der Waals surface area contributed by atoms with Gasteiger partial charge in [0.05, 0.1) is 6.10 Å². The zero-order valence-electron chi connectivity index (χ0n) is 11.4. The average Bonchev–Trinajstić information content (AvgIpc) is 2.77. The van der Waals surface area contributed by atoms with E-state index in [1.54, 1.807) is 0 Å². The van der Waals surface area contributed by atoms with E-state index >= 15 is 0 Å². The molecular formula is C14H18BrNO4. The molecular weight excluding hydrogens is 326 g/mol. The summed E-state index contributed by atoms with van der Waals surface area (Å²) in [6.07, 6.45) is 6.12. The van der Waals surface area contributed by atoms with E-state index in [1.807, 2.05) is 6.92 Å². The number of nitrogens with zero attached hydrogens (tertiary/aromatic N) is 1. The van der Waals surface area contributed by atoms with Gasteiger partial charge in [0.15, 0.2) is 0 Å². The molecule has 2 rings (SSSR count). The number of carbonyl (C=O) groups is 1. The average molecular weight is 344 g/mol. The summed E-state index contributed by atoms with van der Waals surface area (Å²) in [4.78, 5) is 15.4. The van der Waals surface area contributed by atoms with Crippen LogP contribution in [0.5, 0.6) is 0 Å². The Balaban J connectivity index is 2.17. The number of carbonyl (C=O) groups excluding carboxylic acids is 1. The molecule has 5 nitrogen and oxygen atoms in total. The number of fused-ring (bicyclic) bond motifs is 1. The molecule has 0 aromatic heterocycles. The molecule has 2 saturated heterocycles. The molecule has 0 bridgehead atoms. The van der Waals surface area contributed by atoms with Crippen LogP contribution in [-0.2, 0) is 14.2 Å². The number of hydrogen-bond acceptors (Lipinski definition) is 5. The lowest BCUT2D eigenvalue weighted by Crippen LogP contribution is -2.43. The summed E-state index contributed by atoms with van der Waals surface area (Å²) in [6.45, 7) is 5.62. The highest BCUT2D eigenvalue weighted by Crippen LogP contribution is 2.37. The van der Waals surface area contributed by atoms with Crippen LogP contribution in [0.2, 0.25) is 0 Å². The van der Waals surface area contributed by atoms with Crippen molar-refractivity contribution >= 4 is 28.8 Å². The molecule has 2 aliphatic heterocycles. The summed E-state index contributed by atoms with van der Waals surface area (Å²) in [5.41, 5.74) is 0. The van der Waals surface area contributed by atoms with Gasteiger partial charge in [-0.3, -0.25) is 4.99 Å². The van der Waals surface area contributed by atoms with Crippen LogP contribution in [0, 0.1) is 12.3 Å². The predicted octanol–water partition coefficient (Wildman–Crippen LogP) is 2.66. The minimum atomic E-state index is -0.628. The maximum Gasteiger partial charge on any atom is 0.509 e. The Morgan fingerprint density at radius 3 is 2.80 bits per heavy atom. The Bertz CT molecular complexity index is 435. The number of terminal acetylenes is 1. The van der Waals surface area contributed by atoms with Crippen LogP contribution in [0.25, 0.3) is 0 Å². The van der Waals surface area contributed by atoms with Gasteiger partial charge in [-0.05, 0) is 26.0 Å². The molecule has 2 aliphatic rings. The first-order valence-corrected chi connectivity index (χ1v) is 7.47. The van der Waals surface area contributed by atoms with Gasteiger partial charge in [-0.1, -0.05) is 28.8 Å². The zero-order chi connectivity index (χ0) is 14.8. The van der Waals surface area contributed by atoms with Gasteiger partial charge in [0.25, 0.3) is 0 Å². The predicted molar refractivity (Wildman–Crippen MR) is 78.0 cm³/mol. The fourth-order valence-corrected chi connectivity index (χ4v) is 2.93. The van der Waals surface area contributed by atoms with Crippen molar-refractivity contribution in [2.75, 3.05) is 0 Å². The molecule has 2 fully saturated rings. The van der Waals surface area contributed by atoms with E-state index in [0.29, 0.717) is 19.3 Å². The Morgan fingerprint density at radius 2 is 2.20 bits per heavy atom. The largest absolute Gasteiger partial charge is 0.509 e. The molecule has 5 unspecified atom stereocenters. The fraction of sp³-hybridized carbons (Fsp3) is 0.714. The number of rotatable bonds is 3. The first-order chi connectivity index (χ1) is 9.52. The minimum Gasteiger partial charge on any atom is -0.427 e. The van der Waals surface area contributed by atoms with Gasteiger partial charge < -0.3 is 14.2 Å². The first kappa shape index (κ1) is 15.3. The van der Waals surface area contributed by atoms with Gasteiger partial charge in [0, 0.05) is 6.42 Å².